The van der Waals surface area contributed by atoms with Crippen LogP contribution in [0.5, 0.6) is 0 Å². The lowest BCUT2D eigenvalue weighted by Gasteiger charge is -2.19. The number of hydrogen-bond donors (Lipinski definition) is 3. The quantitative estimate of drug-likeness (QED) is 0.447. The Bertz CT molecular complexity index is 974. The van der Waals surface area contributed by atoms with Gasteiger partial charge in [-0.2, -0.15) is 0 Å². The van der Waals surface area contributed by atoms with E-state index in [4.69, 9.17) is 9.84 Å². The van der Waals surface area contributed by atoms with Gasteiger partial charge in [0, 0.05) is 12.5 Å². The minimum Gasteiger partial charge on any atom is -0.481 e. The van der Waals surface area contributed by atoms with Gasteiger partial charge >= 0.3 is 12.1 Å². The van der Waals surface area contributed by atoms with Crippen LogP contribution in [-0.2, 0) is 14.3 Å². The first kappa shape index (κ1) is 24.0. The van der Waals surface area contributed by atoms with E-state index in [1.54, 1.807) is 13.0 Å². The van der Waals surface area contributed by atoms with Gasteiger partial charge in [0.15, 0.2) is 0 Å². The number of carbonyl (C=O) groups is 3. The highest BCUT2D eigenvalue weighted by molar-refractivity contribution is 5.85. The van der Waals surface area contributed by atoms with Crippen molar-refractivity contribution in [3.63, 3.8) is 0 Å². The predicted octanol–water partition coefficient (Wildman–Crippen LogP) is 4.09. The third-order valence-electron chi connectivity index (χ3n) is 5.91. The van der Waals surface area contributed by atoms with Crippen molar-refractivity contribution < 1.29 is 24.2 Å². The molecule has 174 valence electrons. The molecule has 0 bridgehead atoms. The fraction of sp³-hybridized carbons (Fsp3) is 0.346. The van der Waals surface area contributed by atoms with E-state index >= 15 is 0 Å². The zero-order valence-electron chi connectivity index (χ0n) is 18.8. The van der Waals surface area contributed by atoms with Crippen molar-refractivity contribution in [2.45, 2.75) is 38.1 Å². The number of allylic oxidation sites excluding steroid dienone is 1. The smallest absolute Gasteiger partial charge is 0.407 e. The van der Waals surface area contributed by atoms with Crippen LogP contribution in [0, 0.1) is 5.92 Å². The molecule has 0 fully saturated rings. The molecule has 1 aliphatic rings. The number of carboxylic acids is 1. The van der Waals surface area contributed by atoms with E-state index in [9.17, 15) is 14.4 Å². The molecule has 33 heavy (non-hydrogen) atoms. The Balaban J connectivity index is 1.59. The van der Waals surface area contributed by atoms with Gasteiger partial charge in [0.05, 0.1) is 5.92 Å². The van der Waals surface area contributed by atoms with Crippen molar-refractivity contribution in [3.8, 4) is 11.1 Å². The number of rotatable bonds is 11. The molecule has 1 aliphatic carbocycles. The Hall–Kier alpha value is -3.61. The van der Waals surface area contributed by atoms with Crippen molar-refractivity contribution in [1.82, 2.24) is 10.6 Å². The van der Waals surface area contributed by atoms with E-state index < -0.39 is 24.0 Å². The van der Waals surface area contributed by atoms with E-state index in [0.29, 0.717) is 19.3 Å². The van der Waals surface area contributed by atoms with Gasteiger partial charge in [0.2, 0.25) is 5.91 Å². The number of nitrogens with one attached hydrogen (secondary N) is 2. The number of alkyl carbamates (subject to hydrolysis) is 1. The van der Waals surface area contributed by atoms with Crippen molar-refractivity contribution >= 4 is 18.0 Å². The molecule has 7 heteroatoms. The Morgan fingerprint density at radius 2 is 1.67 bits per heavy atom. The molecule has 0 spiro atoms. The Morgan fingerprint density at radius 1 is 1.06 bits per heavy atom. The predicted molar refractivity (Wildman–Crippen MR) is 126 cm³/mol. The number of aliphatic carboxylic acids is 1. The van der Waals surface area contributed by atoms with Crippen LogP contribution >= 0.6 is 0 Å². The number of carboxylic acid groups (broad SMARTS) is 1. The highest BCUT2D eigenvalue weighted by atomic mass is 16.5. The molecule has 3 rings (SSSR count). The summed E-state index contributed by atoms with van der Waals surface area (Å²) in [7, 11) is 0. The van der Waals surface area contributed by atoms with E-state index in [-0.39, 0.29) is 25.0 Å². The van der Waals surface area contributed by atoms with Crippen LogP contribution in [0.25, 0.3) is 11.1 Å². The first-order valence-electron chi connectivity index (χ1n) is 11.1. The summed E-state index contributed by atoms with van der Waals surface area (Å²) in [6, 6.07) is 15.3. The maximum absolute atomic E-state index is 12.6. The van der Waals surface area contributed by atoms with Gasteiger partial charge in [-0.25, -0.2) is 4.79 Å². The molecule has 3 N–H and O–H groups in total. The Morgan fingerprint density at radius 3 is 2.24 bits per heavy atom. The Labute approximate surface area is 193 Å². The molecule has 0 radical (unpaired) electrons. The maximum Gasteiger partial charge on any atom is 0.407 e. The van der Waals surface area contributed by atoms with Crippen LogP contribution in [0.2, 0.25) is 0 Å². The summed E-state index contributed by atoms with van der Waals surface area (Å²) in [6.45, 7) is 5.62. The summed E-state index contributed by atoms with van der Waals surface area (Å²) in [5, 5.41) is 14.3. The molecule has 7 nitrogen and oxygen atoms in total. The second kappa shape index (κ2) is 11.3. The third kappa shape index (κ3) is 6.00. The molecule has 0 aromatic heterocycles. The molecule has 2 amide bonds. The monoisotopic (exact) mass is 450 g/mol. The normalized spacial score (nSPS) is 13.8. The highest BCUT2D eigenvalue weighted by Crippen LogP contribution is 2.44. The highest BCUT2D eigenvalue weighted by Gasteiger charge is 2.29. The summed E-state index contributed by atoms with van der Waals surface area (Å²) in [6.07, 6.45) is 2.22. The number of ether oxygens (including phenoxy) is 1. The summed E-state index contributed by atoms with van der Waals surface area (Å²) in [5.41, 5.74) is 4.50. The minimum absolute atomic E-state index is 0.0684. The van der Waals surface area contributed by atoms with Crippen molar-refractivity contribution in [2.24, 2.45) is 5.92 Å². The fourth-order valence-electron chi connectivity index (χ4n) is 3.99. The standard InChI is InChI=1S/C26H30N2O5/c1-3-4-13-23(24(29)27-15-14-17(2)25(30)31)28-26(32)33-16-22-20-11-7-5-9-18(20)19-10-6-8-12-21(19)22/h3,5-12,17,22-23H,1,4,13-16H2,2H3,(H,27,29)(H,28,32)(H,30,31). The zero-order valence-corrected chi connectivity index (χ0v) is 18.8. The number of fused-ring (bicyclic) bond motifs is 3. The topological polar surface area (TPSA) is 105 Å². The van der Waals surface area contributed by atoms with E-state index in [2.05, 4.69) is 29.3 Å². The lowest BCUT2D eigenvalue weighted by atomic mass is 9.98. The van der Waals surface area contributed by atoms with Crippen molar-refractivity contribution in [1.29, 1.82) is 0 Å². The van der Waals surface area contributed by atoms with E-state index in [0.717, 1.165) is 22.3 Å². The first-order valence-corrected chi connectivity index (χ1v) is 11.1. The molecule has 0 heterocycles. The van der Waals surface area contributed by atoms with Gasteiger partial charge in [0.25, 0.3) is 0 Å². The van der Waals surface area contributed by atoms with E-state index in [1.165, 1.54) is 0 Å². The number of hydrogen-bond acceptors (Lipinski definition) is 4. The van der Waals surface area contributed by atoms with Crippen LogP contribution in [0.3, 0.4) is 0 Å². The van der Waals surface area contributed by atoms with Crippen molar-refractivity contribution in [3.05, 3.63) is 72.3 Å². The van der Waals surface area contributed by atoms with E-state index in [1.807, 2.05) is 36.4 Å². The lowest BCUT2D eigenvalue weighted by molar-refractivity contribution is -0.141. The molecule has 2 atom stereocenters. The van der Waals surface area contributed by atoms with Gasteiger partial charge in [-0.3, -0.25) is 9.59 Å². The van der Waals surface area contributed by atoms with Gasteiger partial charge in [-0.05, 0) is 41.5 Å². The number of carbonyl (C=O) groups excluding carboxylic acids is 2. The zero-order chi connectivity index (χ0) is 23.8. The van der Waals surface area contributed by atoms with Crippen LogP contribution in [-0.4, -0.2) is 42.3 Å². The molecule has 2 aromatic rings. The fourth-order valence-corrected chi connectivity index (χ4v) is 3.99. The summed E-state index contributed by atoms with van der Waals surface area (Å²) in [5.74, 6) is -1.92. The minimum atomic E-state index is -0.913. The van der Waals surface area contributed by atoms with Crippen LogP contribution in [0.15, 0.2) is 61.2 Å². The summed E-state index contributed by atoms with van der Waals surface area (Å²) in [4.78, 5) is 36.1. The maximum atomic E-state index is 12.6. The molecule has 0 saturated carbocycles. The second-order valence-corrected chi connectivity index (χ2v) is 8.21. The van der Waals surface area contributed by atoms with Gasteiger partial charge < -0.3 is 20.5 Å². The van der Waals surface area contributed by atoms with Crippen molar-refractivity contribution in [2.75, 3.05) is 13.2 Å². The number of benzene rings is 2. The molecule has 0 saturated heterocycles. The molecule has 2 unspecified atom stereocenters. The molecular weight excluding hydrogens is 420 g/mol. The van der Waals surface area contributed by atoms with Gasteiger partial charge in [-0.1, -0.05) is 61.5 Å². The van der Waals surface area contributed by atoms with Gasteiger partial charge in [0.1, 0.15) is 12.6 Å². The van der Waals surface area contributed by atoms with Crippen LogP contribution in [0.1, 0.15) is 43.2 Å². The largest absolute Gasteiger partial charge is 0.481 e. The summed E-state index contributed by atoms with van der Waals surface area (Å²) >= 11 is 0. The average Bonchev–Trinajstić information content (AvgIpc) is 3.13. The van der Waals surface area contributed by atoms with Crippen LogP contribution < -0.4 is 10.6 Å². The van der Waals surface area contributed by atoms with Crippen LogP contribution in [0.4, 0.5) is 4.79 Å². The van der Waals surface area contributed by atoms with Gasteiger partial charge in [-0.15, -0.1) is 6.58 Å². The molecular formula is C26H30N2O5. The average molecular weight is 451 g/mol. The first-order chi connectivity index (χ1) is 15.9. The SMILES string of the molecule is C=CCCC(NC(=O)OCC1c2ccccc2-c2ccccc21)C(=O)NCCC(C)C(=O)O. The lowest BCUT2D eigenvalue weighted by Crippen LogP contribution is -2.47. The summed E-state index contributed by atoms with van der Waals surface area (Å²) < 4.78 is 5.54. The molecule has 0 aliphatic heterocycles. The number of amides is 2. The second-order valence-electron chi connectivity index (χ2n) is 8.21. The molecule has 2 aromatic carbocycles. The third-order valence-corrected chi connectivity index (χ3v) is 5.91. The Kier molecular flexibility index (Phi) is 8.24.